The minimum absolute atomic E-state index is 0.619. The molecule has 1 atom stereocenters. The fourth-order valence-electron chi connectivity index (χ4n) is 2.84. The Morgan fingerprint density at radius 3 is 2.88 bits per heavy atom. The highest BCUT2D eigenvalue weighted by atomic mass is 32.1. The molecule has 0 aromatic carbocycles. The molecule has 1 heterocycles. The van der Waals surface area contributed by atoms with Gasteiger partial charge in [0, 0.05) is 6.04 Å². The second kappa shape index (κ2) is 7.17. The molecule has 0 bridgehead atoms. The first-order valence-electron chi connectivity index (χ1n) is 7.09. The lowest BCUT2D eigenvalue weighted by Crippen LogP contribution is -2.30. The van der Waals surface area contributed by atoms with Crippen LogP contribution in [0.25, 0.3) is 0 Å². The lowest BCUT2D eigenvalue weighted by Gasteiger charge is -2.22. The van der Waals surface area contributed by atoms with Gasteiger partial charge >= 0.3 is 0 Å². The molecule has 0 radical (unpaired) electrons. The summed E-state index contributed by atoms with van der Waals surface area (Å²) in [4.78, 5) is 0. The van der Waals surface area contributed by atoms with E-state index in [0.29, 0.717) is 6.04 Å². The third-order valence-corrected chi connectivity index (χ3v) is 4.62. The first kappa shape index (κ1) is 13.1. The van der Waals surface area contributed by atoms with Gasteiger partial charge in [0.15, 0.2) is 0 Å². The highest BCUT2D eigenvalue weighted by molar-refractivity contribution is 7.07. The molecule has 1 fully saturated rings. The Kier molecular flexibility index (Phi) is 5.53. The molecule has 2 heteroatoms. The summed E-state index contributed by atoms with van der Waals surface area (Å²) in [5.74, 6) is 1.00. The lowest BCUT2D eigenvalue weighted by atomic mass is 9.87. The molecule has 17 heavy (non-hydrogen) atoms. The Hall–Kier alpha value is -0.340. The molecule has 0 spiro atoms. The summed E-state index contributed by atoms with van der Waals surface area (Å²) in [6, 6.07) is 2.86. The third kappa shape index (κ3) is 4.81. The van der Waals surface area contributed by atoms with Gasteiger partial charge in [0.25, 0.3) is 0 Å². The molecule has 1 aromatic rings. The van der Waals surface area contributed by atoms with Gasteiger partial charge in [-0.3, -0.25) is 0 Å². The Labute approximate surface area is 110 Å². The zero-order valence-corrected chi connectivity index (χ0v) is 11.8. The summed E-state index contributed by atoms with van der Waals surface area (Å²) in [5.41, 5.74) is 1.48. The second-order valence-corrected chi connectivity index (χ2v) is 6.26. The molecule has 1 aliphatic carbocycles. The summed E-state index contributed by atoms with van der Waals surface area (Å²) in [7, 11) is 0. The Morgan fingerprint density at radius 2 is 2.18 bits per heavy atom. The van der Waals surface area contributed by atoms with Gasteiger partial charge in [-0.15, -0.1) is 0 Å². The average molecular weight is 251 g/mol. The number of nitrogens with one attached hydrogen (secondary N) is 1. The Morgan fingerprint density at radius 1 is 1.35 bits per heavy atom. The van der Waals surface area contributed by atoms with Crippen molar-refractivity contribution < 1.29 is 0 Å². The summed E-state index contributed by atoms with van der Waals surface area (Å²) < 4.78 is 0. The minimum Gasteiger partial charge on any atom is -0.314 e. The van der Waals surface area contributed by atoms with Crippen molar-refractivity contribution in [3.8, 4) is 0 Å². The monoisotopic (exact) mass is 251 g/mol. The number of hydrogen-bond acceptors (Lipinski definition) is 2. The van der Waals surface area contributed by atoms with Gasteiger partial charge in [0.1, 0.15) is 0 Å². The van der Waals surface area contributed by atoms with Crippen LogP contribution in [0.2, 0.25) is 0 Å². The number of hydrogen-bond donors (Lipinski definition) is 1. The van der Waals surface area contributed by atoms with Crippen LogP contribution >= 0.6 is 11.3 Å². The molecule has 1 nitrogen and oxygen atoms in total. The highest BCUT2D eigenvalue weighted by Gasteiger charge is 2.13. The topological polar surface area (TPSA) is 12.0 Å². The van der Waals surface area contributed by atoms with Crippen LogP contribution in [0.5, 0.6) is 0 Å². The van der Waals surface area contributed by atoms with Crippen molar-refractivity contribution in [2.24, 2.45) is 5.92 Å². The SMILES string of the molecule is CC(Cc1ccsc1)NCCC1CCCCC1. The van der Waals surface area contributed by atoms with E-state index in [4.69, 9.17) is 0 Å². The van der Waals surface area contributed by atoms with Gasteiger partial charge in [-0.2, -0.15) is 11.3 Å². The van der Waals surface area contributed by atoms with E-state index in [9.17, 15) is 0 Å². The molecule has 0 aliphatic heterocycles. The Balaban J connectivity index is 1.58. The summed E-state index contributed by atoms with van der Waals surface area (Å²) in [6.45, 7) is 3.51. The largest absolute Gasteiger partial charge is 0.314 e. The number of rotatable bonds is 6. The van der Waals surface area contributed by atoms with Crippen molar-refractivity contribution in [1.82, 2.24) is 5.32 Å². The quantitative estimate of drug-likeness (QED) is 0.797. The Bertz CT molecular complexity index is 288. The first-order valence-corrected chi connectivity index (χ1v) is 8.03. The van der Waals surface area contributed by atoms with Crippen LogP contribution in [0.3, 0.4) is 0 Å². The molecule has 1 aromatic heterocycles. The second-order valence-electron chi connectivity index (χ2n) is 5.48. The van der Waals surface area contributed by atoms with Gasteiger partial charge in [-0.1, -0.05) is 32.1 Å². The minimum atomic E-state index is 0.619. The van der Waals surface area contributed by atoms with Crippen molar-refractivity contribution in [2.75, 3.05) is 6.54 Å². The van der Waals surface area contributed by atoms with E-state index in [1.165, 1.54) is 57.1 Å². The van der Waals surface area contributed by atoms with Crippen LogP contribution in [0.15, 0.2) is 16.8 Å². The normalized spacial score (nSPS) is 19.4. The van der Waals surface area contributed by atoms with Crippen molar-refractivity contribution in [3.05, 3.63) is 22.4 Å². The highest BCUT2D eigenvalue weighted by Crippen LogP contribution is 2.25. The molecule has 96 valence electrons. The van der Waals surface area contributed by atoms with Gasteiger partial charge in [0.2, 0.25) is 0 Å². The average Bonchev–Trinajstić information content (AvgIpc) is 2.83. The van der Waals surface area contributed by atoms with Crippen LogP contribution in [-0.2, 0) is 6.42 Å². The van der Waals surface area contributed by atoms with Gasteiger partial charge in [-0.25, -0.2) is 0 Å². The van der Waals surface area contributed by atoms with E-state index in [-0.39, 0.29) is 0 Å². The smallest absolute Gasteiger partial charge is 0.00794 e. The molecule has 0 amide bonds. The fraction of sp³-hybridized carbons (Fsp3) is 0.733. The van der Waals surface area contributed by atoms with Crippen molar-refractivity contribution in [1.29, 1.82) is 0 Å². The van der Waals surface area contributed by atoms with Crippen molar-refractivity contribution in [2.45, 2.75) is 57.9 Å². The van der Waals surface area contributed by atoms with E-state index in [2.05, 4.69) is 29.1 Å². The molecule has 1 unspecified atom stereocenters. The van der Waals surface area contributed by atoms with Crippen LogP contribution < -0.4 is 5.32 Å². The maximum atomic E-state index is 3.67. The van der Waals surface area contributed by atoms with Crippen LogP contribution in [0, 0.1) is 5.92 Å². The van der Waals surface area contributed by atoms with Gasteiger partial charge in [0.05, 0.1) is 0 Å². The maximum absolute atomic E-state index is 3.67. The zero-order valence-electron chi connectivity index (χ0n) is 11.0. The van der Waals surface area contributed by atoms with Gasteiger partial charge < -0.3 is 5.32 Å². The molecule has 1 saturated carbocycles. The molecule has 0 saturated heterocycles. The number of thiophene rings is 1. The summed E-state index contributed by atoms with van der Waals surface area (Å²) in [5, 5.41) is 8.11. The summed E-state index contributed by atoms with van der Waals surface area (Å²) >= 11 is 1.80. The maximum Gasteiger partial charge on any atom is 0.00794 e. The lowest BCUT2D eigenvalue weighted by molar-refractivity contribution is 0.329. The van der Waals surface area contributed by atoms with Crippen molar-refractivity contribution in [3.63, 3.8) is 0 Å². The van der Waals surface area contributed by atoms with E-state index in [1.54, 1.807) is 11.3 Å². The predicted octanol–water partition coefficient (Wildman–Crippen LogP) is 4.24. The predicted molar refractivity (Wildman–Crippen MR) is 76.7 cm³/mol. The van der Waals surface area contributed by atoms with Crippen LogP contribution in [-0.4, -0.2) is 12.6 Å². The standard InChI is InChI=1S/C15H25NS/c1-13(11-15-8-10-17-12-15)16-9-7-14-5-3-2-4-6-14/h8,10,12-14,16H,2-7,9,11H2,1H3. The van der Waals surface area contributed by atoms with E-state index in [1.807, 2.05) is 0 Å². The fourth-order valence-corrected chi connectivity index (χ4v) is 3.53. The van der Waals surface area contributed by atoms with Gasteiger partial charge in [-0.05, 0) is 54.6 Å². The summed E-state index contributed by atoms with van der Waals surface area (Å²) in [6.07, 6.45) is 9.91. The zero-order chi connectivity index (χ0) is 11.9. The molecule has 1 N–H and O–H groups in total. The van der Waals surface area contributed by atoms with E-state index < -0.39 is 0 Å². The molecular weight excluding hydrogens is 226 g/mol. The van der Waals surface area contributed by atoms with E-state index in [0.717, 1.165) is 5.92 Å². The molecule has 2 rings (SSSR count). The van der Waals surface area contributed by atoms with E-state index >= 15 is 0 Å². The molecular formula is C15H25NS. The van der Waals surface area contributed by atoms with Crippen molar-refractivity contribution >= 4 is 11.3 Å². The molecule has 1 aliphatic rings. The third-order valence-electron chi connectivity index (χ3n) is 3.89. The first-order chi connectivity index (χ1) is 8.34. The van der Waals surface area contributed by atoms with Crippen LogP contribution in [0.1, 0.15) is 51.0 Å². The van der Waals surface area contributed by atoms with Crippen LogP contribution in [0.4, 0.5) is 0 Å².